The van der Waals surface area contributed by atoms with Gasteiger partial charge in [0.2, 0.25) is 0 Å². The first-order valence-corrected chi connectivity index (χ1v) is 6.58. The minimum atomic E-state index is -1.04. The predicted octanol–water partition coefficient (Wildman–Crippen LogP) is 0.221. The van der Waals surface area contributed by atoms with E-state index in [1.54, 1.807) is 0 Å². The number of carboxylic acid groups (broad SMARTS) is 1. The van der Waals surface area contributed by atoms with Crippen LogP contribution >= 0.6 is 0 Å². The van der Waals surface area contributed by atoms with E-state index in [1.807, 2.05) is 30.3 Å². The Hall–Kier alpha value is -1.47. The molecule has 0 amide bonds. The Bertz CT molecular complexity index is 357. The van der Waals surface area contributed by atoms with Crippen molar-refractivity contribution in [2.45, 2.75) is 12.6 Å². The lowest BCUT2D eigenvalue weighted by Gasteiger charge is -2.10. The zero-order chi connectivity index (χ0) is 14.6. The van der Waals surface area contributed by atoms with E-state index in [9.17, 15) is 4.79 Å². The molecule has 0 radical (unpaired) electrons. The van der Waals surface area contributed by atoms with Crippen molar-refractivity contribution < 1.29 is 19.4 Å². The zero-order valence-corrected chi connectivity index (χ0v) is 11.5. The summed E-state index contributed by atoms with van der Waals surface area (Å²) in [6.07, 6.45) is 0. The lowest BCUT2D eigenvalue weighted by Crippen LogP contribution is -2.34. The molecule has 1 saturated heterocycles. The molecule has 112 valence electrons. The number of aliphatic carboxylic acids is 1. The van der Waals surface area contributed by atoms with Crippen LogP contribution in [0.2, 0.25) is 0 Å². The van der Waals surface area contributed by atoms with E-state index >= 15 is 0 Å². The van der Waals surface area contributed by atoms with Crippen molar-refractivity contribution in [2.24, 2.45) is 5.73 Å². The summed E-state index contributed by atoms with van der Waals surface area (Å²) in [7, 11) is 0. The first-order valence-electron chi connectivity index (χ1n) is 6.58. The van der Waals surface area contributed by atoms with Gasteiger partial charge in [-0.25, -0.2) is 0 Å². The summed E-state index contributed by atoms with van der Waals surface area (Å²) in [6, 6.07) is 8.58. The topological polar surface area (TPSA) is 93.8 Å². The van der Waals surface area contributed by atoms with Crippen LogP contribution in [0.15, 0.2) is 30.3 Å². The van der Waals surface area contributed by atoms with Crippen molar-refractivity contribution in [2.75, 3.05) is 32.9 Å². The van der Waals surface area contributed by atoms with Crippen LogP contribution in [0.4, 0.5) is 0 Å². The van der Waals surface area contributed by atoms with Crippen molar-refractivity contribution in [3.05, 3.63) is 35.9 Å². The molecule has 1 atom stereocenters. The van der Waals surface area contributed by atoms with Crippen LogP contribution in [-0.4, -0.2) is 50.0 Å². The molecule has 6 nitrogen and oxygen atoms in total. The highest BCUT2D eigenvalue weighted by Crippen LogP contribution is 2.00. The summed E-state index contributed by atoms with van der Waals surface area (Å²) in [5.74, 6) is -1.04. The van der Waals surface area contributed by atoms with Gasteiger partial charge in [-0.15, -0.1) is 0 Å². The molecule has 1 aliphatic rings. The quantitative estimate of drug-likeness (QED) is 0.715. The molecule has 4 N–H and O–H groups in total. The van der Waals surface area contributed by atoms with E-state index in [2.05, 4.69) is 5.32 Å². The number of morpholine rings is 1. The van der Waals surface area contributed by atoms with Gasteiger partial charge in [-0.2, -0.15) is 0 Å². The molecule has 1 aromatic rings. The van der Waals surface area contributed by atoms with Crippen molar-refractivity contribution in [1.29, 1.82) is 0 Å². The third kappa shape index (κ3) is 7.85. The Morgan fingerprint density at radius 1 is 1.35 bits per heavy atom. The average molecular weight is 282 g/mol. The summed E-state index contributed by atoms with van der Waals surface area (Å²) < 4.78 is 10.1. The van der Waals surface area contributed by atoms with Gasteiger partial charge in [0.15, 0.2) is 0 Å². The molecule has 0 bridgehead atoms. The maximum atomic E-state index is 10.3. The smallest absolute Gasteiger partial charge is 0.322 e. The number of hydrogen-bond acceptors (Lipinski definition) is 5. The first-order chi connectivity index (χ1) is 9.70. The molecule has 1 aliphatic heterocycles. The maximum Gasteiger partial charge on any atom is 0.322 e. The summed E-state index contributed by atoms with van der Waals surface area (Å²) in [4.78, 5) is 10.3. The van der Waals surface area contributed by atoms with Gasteiger partial charge in [0, 0.05) is 13.1 Å². The van der Waals surface area contributed by atoms with Gasteiger partial charge in [0.1, 0.15) is 6.04 Å². The second-order valence-corrected chi connectivity index (χ2v) is 4.31. The number of carbonyl (C=O) groups is 1. The Morgan fingerprint density at radius 3 is 2.45 bits per heavy atom. The van der Waals surface area contributed by atoms with Crippen LogP contribution in [0.3, 0.4) is 0 Å². The van der Waals surface area contributed by atoms with Gasteiger partial charge in [-0.3, -0.25) is 4.79 Å². The van der Waals surface area contributed by atoms with Gasteiger partial charge in [-0.1, -0.05) is 30.3 Å². The number of hydrogen-bond donors (Lipinski definition) is 3. The Morgan fingerprint density at radius 2 is 2.00 bits per heavy atom. The van der Waals surface area contributed by atoms with Crippen LogP contribution in [0, 0.1) is 0 Å². The summed E-state index contributed by atoms with van der Waals surface area (Å²) in [6.45, 7) is 4.26. The number of nitrogens with one attached hydrogen (secondary N) is 1. The second-order valence-electron chi connectivity index (χ2n) is 4.31. The van der Waals surface area contributed by atoms with Crippen LogP contribution in [0.5, 0.6) is 0 Å². The average Bonchev–Trinajstić information content (AvgIpc) is 2.50. The molecule has 6 heteroatoms. The van der Waals surface area contributed by atoms with Crippen molar-refractivity contribution in [3.63, 3.8) is 0 Å². The van der Waals surface area contributed by atoms with E-state index in [4.69, 9.17) is 20.3 Å². The van der Waals surface area contributed by atoms with Gasteiger partial charge >= 0.3 is 5.97 Å². The number of ether oxygens (including phenoxy) is 2. The number of carboxylic acids is 1. The Labute approximate surface area is 118 Å². The first kappa shape index (κ1) is 16.6. The van der Waals surface area contributed by atoms with E-state index in [0.717, 1.165) is 31.9 Å². The van der Waals surface area contributed by atoms with Crippen molar-refractivity contribution in [1.82, 2.24) is 5.32 Å². The highest BCUT2D eigenvalue weighted by atomic mass is 16.5. The van der Waals surface area contributed by atoms with Crippen molar-refractivity contribution in [3.8, 4) is 0 Å². The lowest BCUT2D eigenvalue weighted by molar-refractivity contribution is -0.140. The van der Waals surface area contributed by atoms with Gasteiger partial charge in [0.25, 0.3) is 0 Å². The van der Waals surface area contributed by atoms with Crippen LogP contribution < -0.4 is 11.1 Å². The van der Waals surface area contributed by atoms with Gasteiger partial charge in [-0.05, 0) is 5.56 Å². The fraction of sp³-hybridized carbons (Fsp3) is 0.500. The normalized spacial score (nSPS) is 15.8. The van der Waals surface area contributed by atoms with Crippen LogP contribution in [0.1, 0.15) is 5.56 Å². The molecule has 0 saturated carbocycles. The Balaban J connectivity index is 0.000000276. The van der Waals surface area contributed by atoms with Gasteiger partial charge in [0.05, 0.1) is 26.4 Å². The molecule has 0 aliphatic carbocycles. The van der Waals surface area contributed by atoms with E-state index in [0.29, 0.717) is 6.61 Å². The Kier molecular flexibility index (Phi) is 8.57. The largest absolute Gasteiger partial charge is 0.480 e. The molecule has 0 spiro atoms. The second kappa shape index (κ2) is 10.3. The minimum Gasteiger partial charge on any atom is -0.480 e. The third-order valence-electron chi connectivity index (χ3n) is 2.57. The summed E-state index contributed by atoms with van der Waals surface area (Å²) in [5.41, 5.74) is 6.26. The van der Waals surface area contributed by atoms with E-state index < -0.39 is 12.0 Å². The lowest BCUT2D eigenvalue weighted by atomic mass is 10.2. The summed E-state index contributed by atoms with van der Waals surface area (Å²) in [5, 5.41) is 11.6. The number of rotatable bonds is 5. The van der Waals surface area contributed by atoms with Gasteiger partial charge < -0.3 is 25.6 Å². The molecule has 1 aromatic carbocycles. The fourth-order valence-corrected chi connectivity index (χ4v) is 1.47. The molecule has 1 fully saturated rings. The monoisotopic (exact) mass is 282 g/mol. The molecule has 1 heterocycles. The zero-order valence-electron chi connectivity index (χ0n) is 11.5. The van der Waals surface area contributed by atoms with Crippen molar-refractivity contribution >= 4 is 5.97 Å². The molecular formula is C14H22N2O4. The fourth-order valence-electron chi connectivity index (χ4n) is 1.47. The standard InChI is InChI=1S/C10H13NO3.C4H9NO/c11-9(10(12)13)7-14-6-8-4-2-1-3-5-8;1-3-6-4-2-5-1/h1-5,9H,6-7,11H2,(H,12,13);5H,1-4H2/t9-;/m0./s1. The molecule has 2 rings (SSSR count). The van der Waals surface area contributed by atoms with E-state index in [1.165, 1.54) is 0 Å². The summed E-state index contributed by atoms with van der Waals surface area (Å²) >= 11 is 0. The molecule has 20 heavy (non-hydrogen) atoms. The van der Waals surface area contributed by atoms with E-state index in [-0.39, 0.29) is 6.61 Å². The predicted molar refractivity (Wildman–Crippen MR) is 75.4 cm³/mol. The highest BCUT2D eigenvalue weighted by molar-refractivity contribution is 5.73. The molecular weight excluding hydrogens is 260 g/mol. The maximum absolute atomic E-state index is 10.3. The third-order valence-corrected chi connectivity index (χ3v) is 2.57. The highest BCUT2D eigenvalue weighted by Gasteiger charge is 2.10. The minimum absolute atomic E-state index is 0.0320. The molecule has 0 unspecified atom stereocenters. The number of nitrogens with two attached hydrogens (primary N) is 1. The SMILES string of the molecule is C1COCCN1.N[C@@H](COCc1ccccc1)C(=O)O. The van der Waals surface area contributed by atoms with Crippen LogP contribution in [-0.2, 0) is 20.9 Å². The van der Waals surface area contributed by atoms with Crippen LogP contribution in [0.25, 0.3) is 0 Å². The molecule has 0 aromatic heterocycles. The number of benzene rings is 1.